The van der Waals surface area contributed by atoms with Gasteiger partial charge in [-0.05, 0) is 48.0 Å². The number of hydrogen-bond acceptors (Lipinski definition) is 2. The number of benzene rings is 2. The summed E-state index contributed by atoms with van der Waals surface area (Å²) in [6, 6.07) is 16.4. The molecule has 102 valence electrons. The van der Waals surface area contributed by atoms with Crippen molar-refractivity contribution >= 4 is 32.6 Å². The minimum Gasteiger partial charge on any atom is -0.459 e. The summed E-state index contributed by atoms with van der Waals surface area (Å²) >= 11 is 3.56. The Kier molecular flexibility index (Phi) is 3.53. The quantitative estimate of drug-likeness (QED) is 0.669. The van der Waals surface area contributed by atoms with Crippen LogP contribution < -0.4 is 5.32 Å². The van der Waals surface area contributed by atoms with Crippen LogP contribution in [0.1, 0.15) is 24.3 Å². The largest absolute Gasteiger partial charge is 0.459 e. The molecule has 3 heteroatoms. The van der Waals surface area contributed by atoms with Crippen molar-refractivity contribution in [2.24, 2.45) is 0 Å². The topological polar surface area (TPSA) is 25.2 Å². The summed E-state index contributed by atoms with van der Waals surface area (Å²) in [6.45, 7) is 4.23. The Balaban J connectivity index is 1.95. The summed E-state index contributed by atoms with van der Waals surface area (Å²) in [5.74, 6) is 0.988. The van der Waals surface area contributed by atoms with Crippen LogP contribution in [0.3, 0.4) is 0 Å². The highest BCUT2D eigenvalue weighted by atomic mass is 79.9. The van der Waals surface area contributed by atoms with Crippen molar-refractivity contribution in [1.29, 1.82) is 0 Å². The molecule has 0 saturated heterocycles. The van der Waals surface area contributed by atoms with Crippen LogP contribution in [0, 0.1) is 6.92 Å². The van der Waals surface area contributed by atoms with E-state index in [2.05, 4.69) is 47.2 Å². The molecule has 1 heterocycles. The maximum Gasteiger partial charge on any atom is 0.134 e. The molecule has 0 fully saturated rings. The van der Waals surface area contributed by atoms with Gasteiger partial charge in [0.25, 0.3) is 0 Å². The smallest absolute Gasteiger partial charge is 0.134 e. The van der Waals surface area contributed by atoms with E-state index in [9.17, 15) is 0 Å². The number of rotatable bonds is 3. The minimum atomic E-state index is 0.112. The van der Waals surface area contributed by atoms with Gasteiger partial charge in [-0.1, -0.05) is 30.3 Å². The monoisotopic (exact) mass is 329 g/mol. The highest BCUT2D eigenvalue weighted by molar-refractivity contribution is 9.10. The first-order valence-corrected chi connectivity index (χ1v) is 7.45. The summed E-state index contributed by atoms with van der Waals surface area (Å²) in [6.07, 6.45) is 0. The molecule has 0 radical (unpaired) electrons. The van der Waals surface area contributed by atoms with Crippen molar-refractivity contribution in [1.82, 2.24) is 0 Å². The predicted molar refractivity (Wildman–Crippen MR) is 87.1 cm³/mol. The predicted octanol–water partition coefficient (Wildman–Crippen LogP) is 5.68. The lowest BCUT2D eigenvalue weighted by atomic mass is 10.1. The van der Waals surface area contributed by atoms with Gasteiger partial charge in [-0.3, -0.25) is 0 Å². The van der Waals surface area contributed by atoms with Crippen molar-refractivity contribution < 1.29 is 4.42 Å². The molecule has 3 rings (SSSR count). The molecular formula is C17H16BrNO. The lowest BCUT2D eigenvalue weighted by Gasteiger charge is -2.15. The fourth-order valence-corrected chi connectivity index (χ4v) is 2.88. The van der Waals surface area contributed by atoms with Crippen LogP contribution in [0.5, 0.6) is 0 Å². The van der Waals surface area contributed by atoms with Crippen molar-refractivity contribution in [3.8, 4) is 0 Å². The molecule has 1 unspecified atom stereocenters. The third-order valence-electron chi connectivity index (χ3n) is 3.52. The maximum absolute atomic E-state index is 5.99. The van der Waals surface area contributed by atoms with Crippen LogP contribution in [-0.4, -0.2) is 0 Å². The lowest BCUT2D eigenvalue weighted by Crippen LogP contribution is -2.07. The molecule has 0 spiro atoms. The third kappa shape index (κ3) is 2.34. The van der Waals surface area contributed by atoms with Gasteiger partial charge in [0.1, 0.15) is 11.3 Å². The number of aryl methyl sites for hydroxylation is 1. The molecule has 1 N–H and O–H groups in total. The van der Waals surface area contributed by atoms with E-state index in [1.165, 1.54) is 10.9 Å². The summed E-state index contributed by atoms with van der Waals surface area (Å²) in [7, 11) is 0. The van der Waals surface area contributed by atoms with Gasteiger partial charge in [0, 0.05) is 21.1 Å². The van der Waals surface area contributed by atoms with Gasteiger partial charge < -0.3 is 9.73 Å². The van der Waals surface area contributed by atoms with E-state index in [1.54, 1.807) is 0 Å². The van der Waals surface area contributed by atoms with Crippen LogP contribution in [0.4, 0.5) is 5.69 Å². The molecule has 0 aliphatic carbocycles. The Labute approximate surface area is 126 Å². The summed E-state index contributed by atoms with van der Waals surface area (Å²) in [4.78, 5) is 0. The Hall–Kier alpha value is -1.74. The number of furan rings is 1. The van der Waals surface area contributed by atoms with Crippen LogP contribution in [0.25, 0.3) is 11.0 Å². The van der Waals surface area contributed by atoms with Gasteiger partial charge in [-0.2, -0.15) is 0 Å². The summed E-state index contributed by atoms with van der Waals surface area (Å²) in [5, 5.41) is 4.67. The first-order valence-electron chi connectivity index (χ1n) is 6.66. The maximum atomic E-state index is 5.99. The highest BCUT2D eigenvalue weighted by Gasteiger charge is 2.16. The van der Waals surface area contributed by atoms with Gasteiger partial charge in [-0.25, -0.2) is 0 Å². The Morgan fingerprint density at radius 3 is 2.50 bits per heavy atom. The second kappa shape index (κ2) is 5.33. The Bertz CT molecular complexity index is 748. The molecule has 0 amide bonds. The van der Waals surface area contributed by atoms with Gasteiger partial charge in [0.2, 0.25) is 0 Å². The zero-order valence-corrected chi connectivity index (χ0v) is 13.1. The number of nitrogens with one attached hydrogen (secondary N) is 1. The highest BCUT2D eigenvalue weighted by Crippen LogP contribution is 2.32. The zero-order chi connectivity index (χ0) is 14.1. The molecular weight excluding hydrogens is 314 g/mol. The first kappa shape index (κ1) is 13.3. The number of para-hydroxylation sites is 2. The van der Waals surface area contributed by atoms with Gasteiger partial charge in [-0.15, -0.1) is 0 Å². The zero-order valence-electron chi connectivity index (χ0n) is 11.5. The van der Waals surface area contributed by atoms with Gasteiger partial charge in [0.05, 0.1) is 6.04 Å². The molecule has 3 aromatic rings. The van der Waals surface area contributed by atoms with E-state index < -0.39 is 0 Å². The van der Waals surface area contributed by atoms with Crippen molar-refractivity contribution in [3.63, 3.8) is 0 Å². The van der Waals surface area contributed by atoms with E-state index in [0.29, 0.717) is 0 Å². The number of anilines is 1. The van der Waals surface area contributed by atoms with Gasteiger partial charge in [0.15, 0.2) is 0 Å². The molecule has 20 heavy (non-hydrogen) atoms. The van der Waals surface area contributed by atoms with Crippen LogP contribution in [0.15, 0.2) is 57.4 Å². The van der Waals surface area contributed by atoms with Crippen LogP contribution >= 0.6 is 15.9 Å². The third-order valence-corrected chi connectivity index (χ3v) is 4.21. The first-order chi connectivity index (χ1) is 9.66. The van der Waals surface area contributed by atoms with E-state index in [-0.39, 0.29) is 6.04 Å². The van der Waals surface area contributed by atoms with Crippen molar-refractivity contribution in [2.75, 3.05) is 5.32 Å². The SMILES string of the molecule is Cc1c(C(C)Nc2ccccc2Br)oc2ccccc12. The second-order valence-electron chi connectivity index (χ2n) is 4.93. The molecule has 1 atom stereocenters. The molecule has 0 bridgehead atoms. The fourth-order valence-electron chi connectivity index (χ4n) is 2.48. The van der Waals surface area contributed by atoms with E-state index in [4.69, 9.17) is 4.42 Å². The molecule has 0 aliphatic rings. The standard InChI is InChI=1S/C17H16BrNO/c1-11-13-7-3-6-10-16(13)20-17(11)12(2)19-15-9-5-4-8-14(15)18/h3-10,12,19H,1-2H3. The Morgan fingerprint density at radius 1 is 1.05 bits per heavy atom. The number of fused-ring (bicyclic) bond motifs is 1. The molecule has 0 saturated carbocycles. The minimum absolute atomic E-state index is 0.112. The van der Waals surface area contributed by atoms with Gasteiger partial charge >= 0.3 is 0 Å². The summed E-state index contributed by atoms with van der Waals surface area (Å²) in [5.41, 5.74) is 3.22. The fraction of sp³-hybridized carbons (Fsp3) is 0.176. The molecule has 1 aromatic heterocycles. The lowest BCUT2D eigenvalue weighted by molar-refractivity contribution is 0.522. The average Bonchev–Trinajstić information content (AvgIpc) is 2.79. The van der Waals surface area contributed by atoms with E-state index in [0.717, 1.165) is 21.5 Å². The number of hydrogen-bond donors (Lipinski definition) is 1. The van der Waals surface area contributed by atoms with Crippen molar-refractivity contribution in [2.45, 2.75) is 19.9 Å². The average molecular weight is 330 g/mol. The van der Waals surface area contributed by atoms with E-state index in [1.807, 2.05) is 36.4 Å². The van der Waals surface area contributed by atoms with Crippen LogP contribution in [0.2, 0.25) is 0 Å². The second-order valence-corrected chi connectivity index (χ2v) is 5.79. The van der Waals surface area contributed by atoms with E-state index >= 15 is 0 Å². The van der Waals surface area contributed by atoms with Crippen LogP contribution in [-0.2, 0) is 0 Å². The summed E-state index contributed by atoms with van der Waals surface area (Å²) < 4.78 is 7.05. The molecule has 2 nitrogen and oxygen atoms in total. The molecule has 0 aliphatic heterocycles. The van der Waals surface area contributed by atoms with Crippen molar-refractivity contribution in [3.05, 3.63) is 64.3 Å². The number of halogens is 1. The Morgan fingerprint density at radius 2 is 1.75 bits per heavy atom. The molecule has 2 aromatic carbocycles. The normalized spacial score (nSPS) is 12.6.